The fourth-order valence-corrected chi connectivity index (χ4v) is 3.80. The molecule has 4 nitrogen and oxygen atoms in total. The molecule has 0 aromatic heterocycles. The highest BCUT2D eigenvalue weighted by Gasteiger charge is 2.33. The predicted molar refractivity (Wildman–Crippen MR) is 80.9 cm³/mol. The van der Waals surface area contributed by atoms with Crippen molar-refractivity contribution in [3.8, 4) is 0 Å². The largest absolute Gasteiger partial charge is 0.392 e. The second-order valence-corrected chi connectivity index (χ2v) is 8.39. The second-order valence-electron chi connectivity index (χ2n) is 6.42. The van der Waals surface area contributed by atoms with Gasteiger partial charge in [0.1, 0.15) is 5.82 Å². The summed E-state index contributed by atoms with van der Waals surface area (Å²) in [6.45, 7) is 8.68. The third-order valence-corrected chi connectivity index (χ3v) is 6.05. The van der Waals surface area contributed by atoms with E-state index in [-0.39, 0.29) is 27.5 Å². The highest BCUT2D eigenvalue weighted by atomic mass is 32.2. The molecule has 1 N–H and O–H groups in total. The molecule has 0 amide bonds. The van der Waals surface area contributed by atoms with Crippen LogP contribution in [0.3, 0.4) is 0 Å². The van der Waals surface area contributed by atoms with Crippen molar-refractivity contribution in [1.82, 2.24) is 4.31 Å². The van der Waals surface area contributed by atoms with Gasteiger partial charge in [-0.1, -0.05) is 20.8 Å². The van der Waals surface area contributed by atoms with Gasteiger partial charge in [-0.3, -0.25) is 0 Å². The van der Waals surface area contributed by atoms with Gasteiger partial charge in [0.25, 0.3) is 0 Å². The van der Waals surface area contributed by atoms with Crippen molar-refractivity contribution in [2.75, 3.05) is 7.05 Å². The van der Waals surface area contributed by atoms with Gasteiger partial charge in [-0.25, -0.2) is 12.8 Å². The van der Waals surface area contributed by atoms with E-state index in [0.717, 1.165) is 6.07 Å². The number of sulfonamides is 1. The molecule has 0 spiro atoms. The Hall–Kier alpha value is -0.980. The lowest BCUT2D eigenvalue weighted by Gasteiger charge is -2.34. The van der Waals surface area contributed by atoms with Gasteiger partial charge in [0.2, 0.25) is 10.0 Å². The number of aliphatic hydroxyl groups excluding tert-OH is 1. The minimum atomic E-state index is -3.82. The van der Waals surface area contributed by atoms with Gasteiger partial charge in [-0.2, -0.15) is 4.31 Å². The van der Waals surface area contributed by atoms with Crippen LogP contribution in [0.15, 0.2) is 17.0 Å². The molecule has 0 heterocycles. The zero-order valence-corrected chi connectivity index (χ0v) is 14.3. The number of hydrogen-bond donors (Lipinski definition) is 1. The highest BCUT2D eigenvalue weighted by Crippen LogP contribution is 2.30. The van der Waals surface area contributed by atoms with E-state index in [1.165, 1.54) is 24.3 Å². The predicted octanol–water partition coefficient (Wildman–Crippen LogP) is 2.68. The number of nitrogens with zero attached hydrogens (tertiary/aromatic N) is 1. The highest BCUT2D eigenvalue weighted by molar-refractivity contribution is 7.89. The summed E-state index contributed by atoms with van der Waals surface area (Å²) in [7, 11) is -2.33. The molecule has 1 unspecified atom stereocenters. The molecule has 1 rings (SSSR count). The van der Waals surface area contributed by atoms with E-state index in [9.17, 15) is 12.8 Å². The smallest absolute Gasteiger partial charge is 0.243 e. The fraction of sp³-hybridized carbons (Fsp3) is 0.600. The normalized spacial score (nSPS) is 14.5. The summed E-state index contributed by atoms with van der Waals surface area (Å²) in [5, 5.41) is 9.15. The summed E-state index contributed by atoms with van der Waals surface area (Å²) in [4.78, 5) is -0.0925. The molecular weight excluding hydrogens is 293 g/mol. The van der Waals surface area contributed by atoms with E-state index in [1.807, 2.05) is 27.7 Å². The van der Waals surface area contributed by atoms with Crippen LogP contribution >= 0.6 is 0 Å². The van der Waals surface area contributed by atoms with Crippen molar-refractivity contribution < 1.29 is 17.9 Å². The lowest BCUT2D eigenvalue weighted by Crippen LogP contribution is -2.43. The maximum atomic E-state index is 13.9. The van der Waals surface area contributed by atoms with Crippen molar-refractivity contribution in [2.24, 2.45) is 5.41 Å². The molecule has 21 heavy (non-hydrogen) atoms. The van der Waals surface area contributed by atoms with Crippen LogP contribution in [0.5, 0.6) is 0 Å². The SMILES string of the molecule is Cc1c(F)cc(CO)cc1S(=O)(=O)N(C)C(C)C(C)(C)C. The molecule has 0 aliphatic heterocycles. The van der Waals surface area contributed by atoms with E-state index >= 15 is 0 Å². The Balaban J connectivity index is 3.41. The van der Waals surface area contributed by atoms with Crippen LogP contribution in [0, 0.1) is 18.2 Å². The zero-order valence-electron chi connectivity index (χ0n) is 13.4. The van der Waals surface area contributed by atoms with Gasteiger partial charge in [0.05, 0.1) is 11.5 Å². The van der Waals surface area contributed by atoms with E-state index < -0.39 is 22.4 Å². The summed E-state index contributed by atoms with van der Waals surface area (Å²) >= 11 is 0. The topological polar surface area (TPSA) is 57.6 Å². The van der Waals surface area contributed by atoms with Crippen LogP contribution < -0.4 is 0 Å². The van der Waals surface area contributed by atoms with Gasteiger partial charge < -0.3 is 5.11 Å². The summed E-state index contributed by atoms with van der Waals surface area (Å²) in [5.41, 5.74) is 0.0664. The van der Waals surface area contributed by atoms with E-state index in [4.69, 9.17) is 5.11 Å². The van der Waals surface area contributed by atoms with Crippen molar-refractivity contribution in [3.05, 3.63) is 29.1 Å². The Morgan fingerprint density at radius 1 is 1.33 bits per heavy atom. The molecule has 0 saturated heterocycles. The molecule has 1 aromatic carbocycles. The molecule has 0 bridgehead atoms. The van der Waals surface area contributed by atoms with Gasteiger partial charge in [-0.05, 0) is 37.0 Å². The van der Waals surface area contributed by atoms with Crippen LogP contribution in [-0.4, -0.2) is 30.9 Å². The fourth-order valence-electron chi connectivity index (χ4n) is 1.97. The Kier molecular flexibility index (Phi) is 5.18. The average Bonchev–Trinajstić information content (AvgIpc) is 2.38. The maximum absolute atomic E-state index is 13.9. The molecule has 6 heteroatoms. The molecule has 0 aliphatic rings. The lowest BCUT2D eigenvalue weighted by atomic mass is 9.88. The first-order chi connectivity index (χ1) is 9.42. The van der Waals surface area contributed by atoms with Gasteiger partial charge in [0.15, 0.2) is 0 Å². The third-order valence-electron chi connectivity index (χ3n) is 3.99. The first kappa shape index (κ1) is 18.1. The molecule has 0 fully saturated rings. The monoisotopic (exact) mass is 317 g/mol. The van der Waals surface area contributed by atoms with Crippen molar-refractivity contribution in [2.45, 2.75) is 52.2 Å². The van der Waals surface area contributed by atoms with E-state index in [2.05, 4.69) is 0 Å². The Bertz CT molecular complexity index is 621. The summed E-state index contributed by atoms with van der Waals surface area (Å²) in [6.07, 6.45) is 0. The minimum Gasteiger partial charge on any atom is -0.392 e. The van der Waals surface area contributed by atoms with Crippen molar-refractivity contribution in [1.29, 1.82) is 0 Å². The number of hydrogen-bond acceptors (Lipinski definition) is 3. The molecule has 0 aliphatic carbocycles. The van der Waals surface area contributed by atoms with Crippen LogP contribution in [0.1, 0.15) is 38.8 Å². The zero-order chi connectivity index (χ0) is 16.6. The lowest BCUT2D eigenvalue weighted by molar-refractivity contribution is 0.216. The summed E-state index contributed by atoms with van der Waals surface area (Å²) in [6, 6.07) is 2.23. The van der Waals surface area contributed by atoms with E-state index in [0.29, 0.717) is 0 Å². The molecule has 0 radical (unpaired) electrons. The summed E-state index contributed by atoms with van der Waals surface area (Å²) < 4.78 is 40.6. The van der Waals surface area contributed by atoms with Crippen LogP contribution in [0.4, 0.5) is 4.39 Å². The molecular formula is C15H24FNO3S. The number of rotatable bonds is 4. The van der Waals surface area contributed by atoms with Crippen molar-refractivity contribution >= 4 is 10.0 Å². The van der Waals surface area contributed by atoms with Crippen molar-refractivity contribution in [3.63, 3.8) is 0 Å². The molecule has 1 aromatic rings. The maximum Gasteiger partial charge on any atom is 0.243 e. The molecule has 120 valence electrons. The quantitative estimate of drug-likeness (QED) is 0.929. The summed E-state index contributed by atoms with van der Waals surface area (Å²) in [5.74, 6) is -0.628. The first-order valence-corrected chi connectivity index (χ1v) is 8.24. The Morgan fingerprint density at radius 3 is 2.29 bits per heavy atom. The van der Waals surface area contributed by atoms with Crippen LogP contribution in [0.25, 0.3) is 0 Å². The van der Waals surface area contributed by atoms with Gasteiger partial charge in [0, 0.05) is 18.7 Å². The van der Waals surface area contributed by atoms with Crippen LogP contribution in [0.2, 0.25) is 0 Å². The first-order valence-electron chi connectivity index (χ1n) is 6.80. The minimum absolute atomic E-state index is 0.0696. The second kappa shape index (κ2) is 6.02. The Morgan fingerprint density at radius 2 is 1.86 bits per heavy atom. The Labute approximate surface area is 126 Å². The van der Waals surface area contributed by atoms with Crippen LogP contribution in [-0.2, 0) is 16.6 Å². The number of aliphatic hydroxyl groups is 1. The van der Waals surface area contributed by atoms with E-state index in [1.54, 1.807) is 0 Å². The number of halogens is 1. The average molecular weight is 317 g/mol. The third kappa shape index (κ3) is 3.62. The van der Waals surface area contributed by atoms with Gasteiger partial charge >= 0.3 is 0 Å². The number of benzene rings is 1. The molecule has 1 atom stereocenters. The molecule has 0 saturated carbocycles. The van der Waals surface area contributed by atoms with Gasteiger partial charge in [-0.15, -0.1) is 0 Å². The standard InChI is InChI=1S/C15H24FNO3S/c1-10-13(16)7-12(9-18)8-14(10)21(19,20)17(6)11(2)15(3,4)5/h7-8,11,18H,9H2,1-6H3.